The molecule has 1 unspecified atom stereocenters. The molecule has 0 saturated carbocycles. The first kappa shape index (κ1) is 13.6. The average Bonchev–Trinajstić information content (AvgIpc) is 2.28. The van der Waals surface area contributed by atoms with E-state index in [0.29, 0.717) is 6.42 Å². The topological polar surface area (TPSA) is 69.0 Å². The van der Waals surface area contributed by atoms with E-state index in [1.165, 1.54) is 5.56 Å². The predicted octanol–water partition coefficient (Wildman–Crippen LogP) is 3.72. The van der Waals surface area contributed by atoms with E-state index >= 15 is 0 Å². The molecule has 1 aromatic rings. The first-order chi connectivity index (χ1) is 7.99. The third-order valence-corrected chi connectivity index (χ3v) is 2.76. The number of hydrogen-bond donors (Lipinski definition) is 1. The van der Waals surface area contributed by atoms with Crippen LogP contribution in [0.1, 0.15) is 44.4 Å². The molecule has 0 fully saturated rings. The molecule has 17 heavy (non-hydrogen) atoms. The molecule has 0 heterocycles. The van der Waals surface area contributed by atoms with Gasteiger partial charge in [0.1, 0.15) is 0 Å². The van der Waals surface area contributed by atoms with Crippen LogP contribution in [0.2, 0.25) is 0 Å². The molecule has 0 aromatic heterocycles. The average molecular weight is 233 g/mol. The lowest BCUT2D eigenvalue weighted by Gasteiger charge is -2.20. The Hall–Kier alpha value is -1.51. The molecule has 1 N–H and O–H groups in total. The molecule has 1 rings (SSSR count). The smallest absolute Gasteiger partial charge is 0.0647 e. The summed E-state index contributed by atoms with van der Waals surface area (Å²) in [6, 6.07) is 7.75. The van der Waals surface area contributed by atoms with E-state index in [-0.39, 0.29) is 18.1 Å². The quantitative estimate of drug-likeness (QED) is 0.480. The van der Waals surface area contributed by atoms with Crippen molar-refractivity contribution in [2.24, 2.45) is 5.11 Å². The number of nitrogens with zero attached hydrogens (tertiary/aromatic N) is 3. The Morgan fingerprint density at radius 2 is 1.88 bits per heavy atom. The van der Waals surface area contributed by atoms with Crippen molar-refractivity contribution >= 4 is 0 Å². The van der Waals surface area contributed by atoms with Crippen LogP contribution < -0.4 is 0 Å². The molecule has 4 nitrogen and oxygen atoms in total. The Morgan fingerprint density at radius 1 is 1.29 bits per heavy atom. The maximum Gasteiger partial charge on any atom is 0.0647 e. The Morgan fingerprint density at radius 3 is 2.29 bits per heavy atom. The molecule has 0 aliphatic rings. The highest BCUT2D eigenvalue weighted by molar-refractivity contribution is 5.29. The third kappa shape index (κ3) is 3.77. The number of hydrogen-bond acceptors (Lipinski definition) is 2. The van der Waals surface area contributed by atoms with Crippen LogP contribution in [0.25, 0.3) is 10.4 Å². The van der Waals surface area contributed by atoms with E-state index in [1.54, 1.807) is 0 Å². The highest BCUT2D eigenvalue weighted by Crippen LogP contribution is 2.26. The fourth-order valence-electron chi connectivity index (χ4n) is 1.68. The van der Waals surface area contributed by atoms with Gasteiger partial charge >= 0.3 is 0 Å². The molecule has 0 aliphatic carbocycles. The zero-order valence-corrected chi connectivity index (χ0v) is 10.6. The van der Waals surface area contributed by atoms with Crippen molar-refractivity contribution in [2.75, 3.05) is 6.61 Å². The highest BCUT2D eigenvalue weighted by Gasteiger charge is 2.14. The Labute approximate surface area is 102 Å². The maximum atomic E-state index is 8.93. The first-order valence-corrected chi connectivity index (χ1v) is 5.74. The minimum atomic E-state index is -0.279. The summed E-state index contributed by atoms with van der Waals surface area (Å²) in [7, 11) is 0. The van der Waals surface area contributed by atoms with Crippen molar-refractivity contribution in [3.8, 4) is 0 Å². The van der Waals surface area contributed by atoms with E-state index < -0.39 is 0 Å². The van der Waals surface area contributed by atoms with E-state index in [0.717, 1.165) is 5.56 Å². The minimum absolute atomic E-state index is 0.0186. The van der Waals surface area contributed by atoms with Crippen molar-refractivity contribution < 1.29 is 5.11 Å². The van der Waals surface area contributed by atoms with Crippen LogP contribution in [0.15, 0.2) is 29.4 Å². The monoisotopic (exact) mass is 233 g/mol. The second-order valence-electron chi connectivity index (χ2n) is 5.11. The Kier molecular flexibility index (Phi) is 4.55. The fourth-order valence-corrected chi connectivity index (χ4v) is 1.68. The van der Waals surface area contributed by atoms with Crippen molar-refractivity contribution in [1.82, 2.24) is 0 Å². The van der Waals surface area contributed by atoms with Crippen molar-refractivity contribution in [1.29, 1.82) is 0 Å². The zero-order chi connectivity index (χ0) is 12.9. The zero-order valence-electron chi connectivity index (χ0n) is 10.6. The summed E-state index contributed by atoms with van der Waals surface area (Å²) in [5.74, 6) is 0. The Bertz CT molecular complexity index is 400. The van der Waals surface area contributed by atoms with Crippen molar-refractivity contribution in [3.05, 3.63) is 45.8 Å². The molecule has 4 heteroatoms. The number of aliphatic hydroxyl groups is 1. The molecular formula is C13H19N3O. The third-order valence-electron chi connectivity index (χ3n) is 2.76. The van der Waals surface area contributed by atoms with Gasteiger partial charge in [-0.25, -0.2) is 0 Å². The lowest BCUT2D eigenvalue weighted by Crippen LogP contribution is -2.11. The summed E-state index contributed by atoms with van der Waals surface area (Å²) < 4.78 is 0. The standard InChI is InChI=1S/C13H19N3O/c1-13(2,3)11-6-4-10(5-7-11)12(8-9-17)15-16-14/h4-7,12,17H,8-9H2,1-3H3. The summed E-state index contributed by atoms with van der Waals surface area (Å²) in [5, 5.41) is 12.6. The largest absolute Gasteiger partial charge is 0.396 e. The second kappa shape index (κ2) is 5.71. The summed E-state index contributed by atoms with van der Waals surface area (Å²) in [5.41, 5.74) is 10.8. The van der Waals surface area contributed by atoms with Gasteiger partial charge in [0, 0.05) is 11.5 Å². The van der Waals surface area contributed by atoms with Gasteiger partial charge in [0.15, 0.2) is 0 Å². The molecule has 0 spiro atoms. The normalized spacial score (nSPS) is 12.9. The number of aliphatic hydroxyl groups excluding tert-OH is 1. The SMILES string of the molecule is CC(C)(C)c1ccc(C(CCO)N=[N+]=[N-])cc1. The highest BCUT2D eigenvalue weighted by atomic mass is 16.3. The fraction of sp³-hybridized carbons (Fsp3) is 0.538. The first-order valence-electron chi connectivity index (χ1n) is 5.74. The van der Waals surface area contributed by atoms with Crippen molar-refractivity contribution in [3.63, 3.8) is 0 Å². The van der Waals surface area contributed by atoms with E-state index in [4.69, 9.17) is 10.6 Å². The molecule has 0 aliphatic heterocycles. The number of benzene rings is 1. The van der Waals surface area contributed by atoms with Gasteiger partial charge in [-0.3, -0.25) is 0 Å². The lowest BCUT2D eigenvalue weighted by molar-refractivity contribution is 0.276. The van der Waals surface area contributed by atoms with Crippen LogP contribution in [-0.4, -0.2) is 11.7 Å². The predicted molar refractivity (Wildman–Crippen MR) is 68.7 cm³/mol. The van der Waals surface area contributed by atoms with E-state index in [9.17, 15) is 0 Å². The maximum absolute atomic E-state index is 8.93. The van der Waals surface area contributed by atoms with Gasteiger partial charge in [-0.1, -0.05) is 50.2 Å². The Balaban J connectivity index is 2.95. The van der Waals surface area contributed by atoms with Gasteiger partial charge in [-0.2, -0.15) is 0 Å². The summed E-state index contributed by atoms with van der Waals surface area (Å²) >= 11 is 0. The van der Waals surface area contributed by atoms with E-state index in [1.807, 2.05) is 24.3 Å². The van der Waals surface area contributed by atoms with Crippen LogP contribution in [0, 0.1) is 0 Å². The molecule has 1 aromatic carbocycles. The number of azide groups is 1. The molecular weight excluding hydrogens is 214 g/mol. The van der Waals surface area contributed by atoms with Gasteiger partial charge < -0.3 is 5.11 Å². The van der Waals surface area contributed by atoms with Crippen LogP contribution in [0.5, 0.6) is 0 Å². The second-order valence-corrected chi connectivity index (χ2v) is 5.11. The summed E-state index contributed by atoms with van der Waals surface area (Å²) in [6.45, 7) is 6.48. The van der Waals surface area contributed by atoms with E-state index in [2.05, 4.69) is 30.8 Å². The molecule has 1 atom stereocenters. The molecule has 0 radical (unpaired) electrons. The lowest BCUT2D eigenvalue weighted by atomic mass is 9.86. The summed E-state index contributed by atoms with van der Waals surface area (Å²) in [4.78, 5) is 2.82. The molecule has 0 saturated heterocycles. The molecule has 0 amide bonds. The van der Waals surface area contributed by atoms with Crippen LogP contribution in [-0.2, 0) is 5.41 Å². The summed E-state index contributed by atoms with van der Waals surface area (Å²) in [6.07, 6.45) is 0.457. The van der Waals surface area contributed by atoms with Crippen LogP contribution in [0.3, 0.4) is 0 Å². The van der Waals surface area contributed by atoms with Crippen molar-refractivity contribution in [2.45, 2.75) is 38.6 Å². The van der Waals surface area contributed by atoms with Gasteiger partial charge in [0.25, 0.3) is 0 Å². The van der Waals surface area contributed by atoms with Gasteiger partial charge in [0.05, 0.1) is 6.04 Å². The van der Waals surface area contributed by atoms with Gasteiger partial charge in [-0.15, -0.1) is 0 Å². The van der Waals surface area contributed by atoms with Crippen LogP contribution in [0.4, 0.5) is 0 Å². The van der Waals surface area contributed by atoms with Gasteiger partial charge in [-0.05, 0) is 28.5 Å². The molecule has 92 valence electrons. The number of rotatable bonds is 4. The minimum Gasteiger partial charge on any atom is -0.396 e. The van der Waals surface area contributed by atoms with Crippen LogP contribution >= 0.6 is 0 Å². The molecule has 0 bridgehead atoms. The van der Waals surface area contributed by atoms with Gasteiger partial charge in [0.2, 0.25) is 0 Å².